The van der Waals surface area contributed by atoms with E-state index in [0.717, 1.165) is 42.4 Å². The Kier molecular flexibility index (Phi) is 7.00. The predicted molar refractivity (Wildman–Crippen MR) is 116 cm³/mol. The van der Waals surface area contributed by atoms with Crippen molar-refractivity contribution in [3.8, 4) is 0 Å². The number of nitrogens with zero attached hydrogens (tertiary/aromatic N) is 3. The van der Waals surface area contributed by atoms with Gasteiger partial charge in [0.15, 0.2) is 5.96 Å². The fourth-order valence-corrected chi connectivity index (χ4v) is 3.27. The van der Waals surface area contributed by atoms with Crippen molar-refractivity contribution in [3.63, 3.8) is 0 Å². The van der Waals surface area contributed by atoms with Crippen LogP contribution in [0.4, 0.5) is 4.39 Å². The second kappa shape index (κ2) is 9.87. The molecule has 0 amide bonds. The van der Waals surface area contributed by atoms with E-state index in [1.54, 1.807) is 19.2 Å². The normalized spacial score (nSPS) is 11.5. The molecule has 0 unspecified atom stereocenters. The van der Waals surface area contributed by atoms with Crippen LogP contribution in [0.1, 0.15) is 28.1 Å². The highest BCUT2D eigenvalue weighted by molar-refractivity contribution is 5.79. The van der Waals surface area contributed by atoms with Crippen molar-refractivity contribution in [2.75, 3.05) is 13.6 Å². The Labute approximate surface area is 171 Å². The van der Waals surface area contributed by atoms with Gasteiger partial charge in [0, 0.05) is 31.4 Å². The van der Waals surface area contributed by atoms with Crippen molar-refractivity contribution in [1.82, 2.24) is 20.4 Å². The van der Waals surface area contributed by atoms with Crippen LogP contribution in [0, 0.1) is 19.7 Å². The van der Waals surface area contributed by atoms with Gasteiger partial charge in [-0.2, -0.15) is 5.10 Å². The van der Waals surface area contributed by atoms with Gasteiger partial charge in [-0.15, -0.1) is 0 Å². The van der Waals surface area contributed by atoms with Gasteiger partial charge < -0.3 is 10.6 Å². The van der Waals surface area contributed by atoms with Crippen molar-refractivity contribution < 1.29 is 4.39 Å². The number of rotatable bonds is 7. The lowest BCUT2D eigenvalue weighted by Crippen LogP contribution is -2.38. The van der Waals surface area contributed by atoms with Crippen LogP contribution >= 0.6 is 0 Å². The summed E-state index contributed by atoms with van der Waals surface area (Å²) >= 11 is 0. The first kappa shape index (κ1) is 20.6. The van der Waals surface area contributed by atoms with E-state index >= 15 is 0 Å². The Morgan fingerprint density at radius 1 is 1.00 bits per heavy atom. The number of aryl methyl sites for hydroxylation is 1. The third kappa shape index (κ3) is 5.67. The third-order valence-corrected chi connectivity index (χ3v) is 4.98. The summed E-state index contributed by atoms with van der Waals surface area (Å²) in [5.74, 6) is 0.527. The molecule has 6 heteroatoms. The molecule has 0 bridgehead atoms. The number of halogens is 1. The van der Waals surface area contributed by atoms with Crippen LogP contribution in [0.3, 0.4) is 0 Å². The molecule has 0 aliphatic heterocycles. The van der Waals surface area contributed by atoms with Gasteiger partial charge in [0.1, 0.15) is 5.82 Å². The number of benzene rings is 2. The minimum Gasteiger partial charge on any atom is -0.356 e. The largest absolute Gasteiger partial charge is 0.356 e. The van der Waals surface area contributed by atoms with E-state index in [-0.39, 0.29) is 5.82 Å². The van der Waals surface area contributed by atoms with Crippen LogP contribution in [0.5, 0.6) is 0 Å². The van der Waals surface area contributed by atoms with Crippen LogP contribution in [-0.4, -0.2) is 29.3 Å². The molecule has 0 spiro atoms. The van der Waals surface area contributed by atoms with E-state index in [2.05, 4.69) is 34.7 Å². The summed E-state index contributed by atoms with van der Waals surface area (Å²) < 4.78 is 15.0. The smallest absolute Gasteiger partial charge is 0.191 e. The zero-order valence-electron chi connectivity index (χ0n) is 17.2. The van der Waals surface area contributed by atoms with Crippen molar-refractivity contribution in [2.45, 2.75) is 33.4 Å². The van der Waals surface area contributed by atoms with Gasteiger partial charge in [-0.25, -0.2) is 4.39 Å². The number of hydrogen-bond donors (Lipinski definition) is 2. The fraction of sp³-hybridized carbons (Fsp3) is 0.304. The molecule has 0 aliphatic rings. The molecule has 2 N–H and O–H groups in total. The number of aromatic nitrogens is 2. The standard InChI is InChI=1S/C23H28FN5/c1-17-22(18(2)29(28-17)16-20-7-5-4-6-8-20)15-27-23(25-3)26-14-13-19-9-11-21(24)12-10-19/h4-12H,13-16H2,1-3H3,(H2,25,26,27). The summed E-state index contributed by atoms with van der Waals surface area (Å²) in [6.45, 7) is 6.28. The minimum absolute atomic E-state index is 0.210. The molecule has 29 heavy (non-hydrogen) atoms. The Balaban J connectivity index is 1.54. The molecular weight excluding hydrogens is 365 g/mol. The average molecular weight is 394 g/mol. The highest BCUT2D eigenvalue weighted by Crippen LogP contribution is 2.14. The SMILES string of the molecule is CN=C(NCCc1ccc(F)cc1)NCc1c(C)nn(Cc2ccccc2)c1C. The number of hydrogen-bond acceptors (Lipinski definition) is 2. The number of nitrogens with one attached hydrogen (secondary N) is 2. The minimum atomic E-state index is -0.210. The molecule has 0 saturated heterocycles. The maximum Gasteiger partial charge on any atom is 0.191 e. The first-order valence-corrected chi connectivity index (χ1v) is 9.82. The van der Waals surface area contributed by atoms with Crippen LogP contribution < -0.4 is 10.6 Å². The van der Waals surface area contributed by atoms with E-state index in [1.165, 1.54) is 23.3 Å². The Hall–Kier alpha value is -3.15. The van der Waals surface area contributed by atoms with Gasteiger partial charge in [-0.3, -0.25) is 9.67 Å². The Bertz CT molecular complexity index is 945. The second-order valence-electron chi connectivity index (χ2n) is 7.02. The lowest BCUT2D eigenvalue weighted by atomic mass is 10.1. The van der Waals surface area contributed by atoms with Crippen LogP contribution in [-0.2, 0) is 19.5 Å². The summed E-state index contributed by atoms with van der Waals surface area (Å²) in [7, 11) is 1.76. The second-order valence-corrected chi connectivity index (χ2v) is 7.02. The molecule has 0 radical (unpaired) electrons. The van der Waals surface area contributed by atoms with E-state index < -0.39 is 0 Å². The molecular formula is C23H28FN5. The van der Waals surface area contributed by atoms with Crippen LogP contribution in [0.25, 0.3) is 0 Å². The summed E-state index contributed by atoms with van der Waals surface area (Å²) in [6.07, 6.45) is 0.800. The first-order valence-electron chi connectivity index (χ1n) is 9.82. The molecule has 2 aromatic carbocycles. The van der Waals surface area contributed by atoms with Crippen molar-refractivity contribution in [1.29, 1.82) is 0 Å². The topological polar surface area (TPSA) is 54.2 Å². The first-order chi connectivity index (χ1) is 14.1. The maximum atomic E-state index is 13.0. The van der Waals surface area contributed by atoms with Crippen molar-refractivity contribution in [3.05, 3.63) is 88.5 Å². The number of guanidine groups is 1. The summed E-state index contributed by atoms with van der Waals surface area (Å²) in [6, 6.07) is 16.9. The fourth-order valence-electron chi connectivity index (χ4n) is 3.27. The molecule has 152 valence electrons. The molecule has 0 atom stereocenters. The van der Waals surface area contributed by atoms with E-state index in [9.17, 15) is 4.39 Å². The molecule has 1 aromatic heterocycles. The molecule has 1 heterocycles. The molecule has 0 aliphatic carbocycles. The van der Waals surface area contributed by atoms with E-state index in [1.807, 2.05) is 29.8 Å². The van der Waals surface area contributed by atoms with E-state index in [0.29, 0.717) is 6.54 Å². The van der Waals surface area contributed by atoms with Gasteiger partial charge in [-0.05, 0) is 43.5 Å². The lowest BCUT2D eigenvalue weighted by molar-refractivity contribution is 0.626. The van der Waals surface area contributed by atoms with Crippen LogP contribution in [0.2, 0.25) is 0 Å². The van der Waals surface area contributed by atoms with Gasteiger partial charge in [0.05, 0.1) is 12.2 Å². The third-order valence-electron chi connectivity index (χ3n) is 4.98. The molecule has 5 nitrogen and oxygen atoms in total. The quantitative estimate of drug-likeness (QED) is 0.476. The zero-order valence-corrected chi connectivity index (χ0v) is 17.2. The molecule has 3 aromatic rings. The highest BCUT2D eigenvalue weighted by Gasteiger charge is 2.12. The highest BCUT2D eigenvalue weighted by atomic mass is 19.1. The summed E-state index contributed by atoms with van der Waals surface area (Å²) in [5.41, 5.74) is 5.68. The molecule has 0 fully saturated rings. The zero-order chi connectivity index (χ0) is 20.6. The van der Waals surface area contributed by atoms with Crippen molar-refractivity contribution in [2.24, 2.45) is 4.99 Å². The predicted octanol–water partition coefficient (Wildman–Crippen LogP) is 3.60. The van der Waals surface area contributed by atoms with Gasteiger partial charge >= 0.3 is 0 Å². The molecule has 0 saturated carbocycles. The van der Waals surface area contributed by atoms with E-state index in [4.69, 9.17) is 5.10 Å². The maximum absolute atomic E-state index is 13.0. The van der Waals surface area contributed by atoms with Gasteiger partial charge in [-0.1, -0.05) is 42.5 Å². The number of aliphatic imine (C=N–C) groups is 1. The molecule has 3 rings (SSSR count). The van der Waals surface area contributed by atoms with Gasteiger partial charge in [0.2, 0.25) is 0 Å². The lowest BCUT2D eigenvalue weighted by Gasteiger charge is -2.12. The summed E-state index contributed by atoms with van der Waals surface area (Å²) in [4.78, 5) is 4.29. The Morgan fingerprint density at radius 2 is 1.72 bits per heavy atom. The van der Waals surface area contributed by atoms with Gasteiger partial charge in [0.25, 0.3) is 0 Å². The monoisotopic (exact) mass is 393 g/mol. The van der Waals surface area contributed by atoms with Crippen molar-refractivity contribution >= 4 is 5.96 Å². The van der Waals surface area contributed by atoms with Crippen LogP contribution in [0.15, 0.2) is 59.6 Å². The Morgan fingerprint density at radius 3 is 2.41 bits per heavy atom. The average Bonchev–Trinajstić information content (AvgIpc) is 2.99. The summed E-state index contributed by atoms with van der Waals surface area (Å²) in [5, 5.41) is 11.4.